The molecule has 1 aromatic heterocycles. The molecule has 0 N–H and O–H groups in total. The highest BCUT2D eigenvalue weighted by Crippen LogP contribution is 2.29. The van der Waals surface area contributed by atoms with Crippen molar-refractivity contribution in [1.82, 2.24) is 9.97 Å². The molecule has 94 valence electrons. The van der Waals surface area contributed by atoms with Crippen molar-refractivity contribution in [1.29, 1.82) is 0 Å². The van der Waals surface area contributed by atoms with Crippen LogP contribution >= 0.6 is 27.7 Å². The monoisotopic (exact) mass is 332 g/mol. The Hall–Kier alpha value is -1.21. The van der Waals surface area contributed by atoms with Gasteiger partial charge in [0.2, 0.25) is 11.7 Å². The lowest BCUT2D eigenvalue weighted by Crippen LogP contribution is -1.95. The molecule has 0 atom stereocenters. The van der Waals surface area contributed by atoms with Crippen LogP contribution in [0, 0.1) is 11.6 Å². The second-order valence-corrected chi connectivity index (χ2v) is 4.94. The molecule has 7 heteroatoms. The Morgan fingerprint density at radius 2 is 2.00 bits per heavy atom. The van der Waals surface area contributed by atoms with E-state index >= 15 is 0 Å². The molecular weight excluding hydrogens is 326 g/mol. The van der Waals surface area contributed by atoms with Crippen molar-refractivity contribution in [2.24, 2.45) is 0 Å². The first-order valence-electron chi connectivity index (χ1n) is 4.78. The van der Waals surface area contributed by atoms with Gasteiger partial charge in [0, 0.05) is 10.5 Å². The van der Waals surface area contributed by atoms with Crippen molar-refractivity contribution in [3.05, 3.63) is 40.6 Å². The van der Waals surface area contributed by atoms with Gasteiger partial charge in [-0.25, -0.2) is 14.4 Å². The molecule has 2 aromatic rings. The summed E-state index contributed by atoms with van der Waals surface area (Å²) in [5.41, 5.74) is 0. The van der Waals surface area contributed by atoms with Gasteiger partial charge in [0.05, 0.1) is 0 Å². The van der Waals surface area contributed by atoms with Crippen LogP contribution in [0.3, 0.4) is 0 Å². The average Bonchev–Trinajstić information content (AvgIpc) is 2.35. The molecule has 0 radical (unpaired) electrons. The van der Waals surface area contributed by atoms with Gasteiger partial charge in [0.15, 0.2) is 11.6 Å². The fraction of sp³-hybridized carbons (Fsp3) is 0.0909. The van der Waals surface area contributed by atoms with E-state index in [2.05, 4.69) is 25.9 Å². The average molecular weight is 333 g/mol. The van der Waals surface area contributed by atoms with Crippen LogP contribution in [-0.4, -0.2) is 16.2 Å². The molecule has 1 aromatic carbocycles. The molecule has 0 saturated carbocycles. The number of benzene rings is 1. The number of hydrogen-bond acceptors (Lipinski definition) is 4. The first-order chi connectivity index (χ1) is 8.60. The molecule has 0 amide bonds. The van der Waals surface area contributed by atoms with Gasteiger partial charge in [0.1, 0.15) is 11.4 Å². The summed E-state index contributed by atoms with van der Waals surface area (Å²) in [5.74, 6) is -2.11. The fourth-order valence-corrected chi connectivity index (χ4v) is 1.99. The highest BCUT2D eigenvalue weighted by molar-refractivity contribution is 9.10. The highest BCUT2D eigenvalue weighted by atomic mass is 79.9. The molecule has 0 bridgehead atoms. The van der Waals surface area contributed by atoms with Crippen LogP contribution in [0.15, 0.2) is 34.0 Å². The summed E-state index contributed by atoms with van der Waals surface area (Å²) in [6.45, 7) is 0. The number of halogens is 3. The Bertz CT molecular complexity index is 583. The summed E-state index contributed by atoms with van der Waals surface area (Å²) in [7, 11) is 0. The predicted molar refractivity (Wildman–Crippen MR) is 67.9 cm³/mol. The first-order valence-corrected chi connectivity index (χ1v) is 6.80. The summed E-state index contributed by atoms with van der Waals surface area (Å²) in [5, 5.41) is 0.677. The largest absolute Gasteiger partial charge is 0.436 e. The third-order valence-corrected chi connectivity index (χ3v) is 3.10. The third-order valence-electron chi connectivity index (χ3n) is 2.00. The van der Waals surface area contributed by atoms with Gasteiger partial charge in [-0.3, -0.25) is 0 Å². The summed E-state index contributed by atoms with van der Waals surface area (Å²) in [6.07, 6.45) is 3.14. The lowest BCUT2D eigenvalue weighted by molar-refractivity contribution is 0.403. The second kappa shape index (κ2) is 5.62. The molecule has 0 aliphatic rings. The van der Waals surface area contributed by atoms with Crippen LogP contribution in [0.4, 0.5) is 8.78 Å². The van der Waals surface area contributed by atoms with E-state index < -0.39 is 11.6 Å². The molecule has 3 nitrogen and oxygen atoms in total. The minimum absolute atomic E-state index is 0.158. The topological polar surface area (TPSA) is 35.0 Å². The number of ether oxygens (including phenoxy) is 1. The van der Waals surface area contributed by atoms with Crippen LogP contribution in [0.25, 0.3) is 0 Å². The van der Waals surface area contributed by atoms with Crippen molar-refractivity contribution >= 4 is 27.7 Å². The maximum absolute atomic E-state index is 13.5. The Morgan fingerprint density at radius 3 is 2.72 bits per heavy atom. The molecular formula is C11H7BrF2N2OS. The normalized spacial score (nSPS) is 10.4. The second-order valence-electron chi connectivity index (χ2n) is 3.20. The lowest BCUT2D eigenvalue weighted by atomic mass is 10.3. The standard InChI is InChI=1S/C11H7BrF2N2OS/c1-18-10-4-9(15-5-16-10)17-8-3-6(12)2-7(13)11(8)14/h2-5H,1H3. The zero-order valence-electron chi connectivity index (χ0n) is 9.15. The fourth-order valence-electron chi connectivity index (χ4n) is 1.21. The smallest absolute Gasteiger partial charge is 0.223 e. The summed E-state index contributed by atoms with van der Waals surface area (Å²) in [6, 6.07) is 3.90. The maximum atomic E-state index is 13.5. The Labute approximate surface area is 115 Å². The zero-order chi connectivity index (χ0) is 13.1. The van der Waals surface area contributed by atoms with Crippen LogP contribution in [0.2, 0.25) is 0 Å². The van der Waals surface area contributed by atoms with E-state index in [0.717, 1.165) is 6.07 Å². The van der Waals surface area contributed by atoms with Crippen molar-refractivity contribution < 1.29 is 13.5 Å². The molecule has 18 heavy (non-hydrogen) atoms. The van der Waals surface area contributed by atoms with Gasteiger partial charge < -0.3 is 4.74 Å². The number of thioether (sulfide) groups is 1. The van der Waals surface area contributed by atoms with Gasteiger partial charge in [-0.15, -0.1) is 11.8 Å². The van der Waals surface area contributed by atoms with Crippen LogP contribution in [0.1, 0.15) is 0 Å². The molecule has 2 rings (SSSR count). The predicted octanol–water partition coefficient (Wildman–Crippen LogP) is 4.03. The molecule has 0 saturated heterocycles. The van der Waals surface area contributed by atoms with E-state index in [1.165, 1.54) is 24.2 Å². The van der Waals surface area contributed by atoms with Crippen LogP contribution < -0.4 is 4.74 Å². The molecule has 0 fully saturated rings. The molecule has 0 unspecified atom stereocenters. The van der Waals surface area contributed by atoms with Crippen LogP contribution in [0.5, 0.6) is 11.6 Å². The Morgan fingerprint density at radius 1 is 1.22 bits per heavy atom. The third kappa shape index (κ3) is 2.97. The van der Waals surface area contributed by atoms with Gasteiger partial charge in [-0.1, -0.05) is 15.9 Å². The van der Waals surface area contributed by atoms with E-state index in [9.17, 15) is 8.78 Å². The first kappa shape index (κ1) is 13.2. The lowest BCUT2D eigenvalue weighted by Gasteiger charge is -2.07. The van der Waals surface area contributed by atoms with Crippen molar-refractivity contribution in [3.63, 3.8) is 0 Å². The van der Waals surface area contributed by atoms with Crippen LogP contribution in [-0.2, 0) is 0 Å². The number of rotatable bonds is 3. The van der Waals surface area contributed by atoms with E-state index in [0.29, 0.717) is 9.50 Å². The molecule has 0 aliphatic carbocycles. The van der Waals surface area contributed by atoms with Gasteiger partial charge in [-0.2, -0.15) is 4.39 Å². The Balaban J connectivity index is 2.33. The number of nitrogens with zero attached hydrogens (tertiary/aromatic N) is 2. The van der Waals surface area contributed by atoms with Gasteiger partial charge >= 0.3 is 0 Å². The molecule has 1 heterocycles. The van der Waals surface area contributed by atoms with Crippen molar-refractivity contribution in [2.75, 3.05) is 6.26 Å². The highest BCUT2D eigenvalue weighted by Gasteiger charge is 2.13. The quantitative estimate of drug-likeness (QED) is 0.483. The van der Waals surface area contributed by atoms with Crippen molar-refractivity contribution in [3.8, 4) is 11.6 Å². The number of aromatic nitrogens is 2. The van der Waals surface area contributed by atoms with E-state index in [1.807, 2.05) is 6.26 Å². The zero-order valence-corrected chi connectivity index (χ0v) is 11.6. The van der Waals surface area contributed by atoms with Gasteiger partial charge in [0.25, 0.3) is 0 Å². The SMILES string of the molecule is CSc1cc(Oc2cc(Br)cc(F)c2F)ncn1. The van der Waals surface area contributed by atoms with Crippen molar-refractivity contribution in [2.45, 2.75) is 5.03 Å². The molecule has 0 aliphatic heterocycles. The van der Waals surface area contributed by atoms with E-state index in [1.54, 1.807) is 6.07 Å². The Kier molecular flexibility index (Phi) is 4.13. The minimum atomic E-state index is -1.05. The summed E-state index contributed by atoms with van der Waals surface area (Å²) < 4.78 is 32.2. The maximum Gasteiger partial charge on any atom is 0.223 e. The number of hydrogen-bond donors (Lipinski definition) is 0. The van der Waals surface area contributed by atoms with E-state index in [-0.39, 0.29) is 11.6 Å². The molecule has 0 spiro atoms. The van der Waals surface area contributed by atoms with Gasteiger partial charge in [-0.05, 0) is 18.4 Å². The summed E-state index contributed by atoms with van der Waals surface area (Å²) in [4.78, 5) is 7.78. The minimum Gasteiger partial charge on any atom is -0.436 e. The summed E-state index contributed by atoms with van der Waals surface area (Å²) >= 11 is 4.46. The van der Waals surface area contributed by atoms with E-state index in [4.69, 9.17) is 4.74 Å².